The van der Waals surface area contributed by atoms with E-state index in [0.717, 1.165) is 14.5 Å². The Kier molecular flexibility index (Phi) is 4.64. The van der Waals surface area contributed by atoms with Gasteiger partial charge in [-0.2, -0.15) is 0 Å². The second-order valence-electron chi connectivity index (χ2n) is 5.86. The average Bonchev–Trinajstić information content (AvgIpc) is 2.96. The number of benzene rings is 1. The molecule has 1 aromatic carbocycles. The Morgan fingerprint density at radius 3 is 2.59 bits per heavy atom. The largest absolute Gasteiger partial charge is 0.496 e. The Hall–Kier alpha value is -2.40. The molecule has 0 amide bonds. The van der Waals surface area contributed by atoms with E-state index >= 15 is 0 Å². The van der Waals surface area contributed by atoms with E-state index in [4.69, 9.17) is 4.74 Å². The predicted molar refractivity (Wildman–Crippen MR) is 112 cm³/mol. The molecule has 7 nitrogen and oxygen atoms in total. The van der Waals surface area contributed by atoms with Gasteiger partial charge in [-0.1, -0.05) is 30.3 Å². The molecule has 4 aromatic rings. The van der Waals surface area contributed by atoms with Crippen LogP contribution in [-0.2, 0) is 15.8 Å². The highest BCUT2D eigenvalue weighted by atomic mass is 127. The molecular formula is C18H15IN4O3S. The number of nitrogens with zero attached hydrogens (tertiary/aromatic N) is 3. The van der Waals surface area contributed by atoms with Gasteiger partial charge in [-0.05, 0) is 40.3 Å². The van der Waals surface area contributed by atoms with Crippen molar-refractivity contribution < 1.29 is 13.2 Å². The Morgan fingerprint density at radius 1 is 1.11 bits per heavy atom. The number of ether oxygens (including phenoxy) is 1. The standard InChI is InChI=1S/C18H15IN4O3S/c1-26-14-8-10-20-17-15(14)16(19)13-7-9-21-18(23(13)17)22-27(24,25)11-12-5-3-2-4-6-12/h2-10H,11H2,1H3,(H,21,22). The van der Waals surface area contributed by atoms with Gasteiger partial charge in [0.2, 0.25) is 16.0 Å². The van der Waals surface area contributed by atoms with Gasteiger partial charge < -0.3 is 4.74 Å². The summed E-state index contributed by atoms with van der Waals surface area (Å²) in [5.41, 5.74) is 2.08. The van der Waals surface area contributed by atoms with E-state index in [1.807, 2.05) is 24.3 Å². The molecule has 0 atom stereocenters. The van der Waals surface area contributed by atoms with Crippen LogP contribution in [0.25, 0.3) is 16.6 Å². The van der Waals surface area contributed by atoms with Crippen molar-refractivity contribution in [3.8, 4) is 5.75 Å². The highest BCUT2D eigenvalue weighted by molar-refractivity contribution is 14.1. The summed E-state index contributed by atoms with van der Waals surface area (Å²) in [7, 11) is -2.06. The van der Waals surface area contributed by atoms with Crippen molar-refractivity contribution in [2.24, 2.45) is 0 Å². The van der Waals surface area contributed by atoms with Gasteiger partial charge in [0.05, 0.1) is 27.3 Å². The van der Waals surface area contributed by atoms with Crippen molar-refractivity contribution in [1.82, 2.24) is 14.4 Å². The van der Waals surface area contributed by atoms with E-state index in [1.54, 1.807) is 42.1 Å². The summed E-state index contributed by atoms with van der Waals surface area (Å²) in [5, 5.41) is 0.817. The topological polar surface area (TPSA) is 85.6 Å². The lowest BCUT2D eigenvalue weighted by molar-refractivity contribution is 0.419. The normalized spacial score (nSPS) is 11.8. The minimum Gasteiger partial charge on any atom is -0.496 e. The Labute approximate surface area is 169 Å². The smallest absolute Gasteiger partial charge is 0.239 e. The molecule has 27 heavy (non-hydrogen) atoms. The number of anilines is 1. The van der Waals surface area contributed by atoms with Crippen LogP contribution in [0.4, 0.5) is 5.95 Å². The van der Waals surface area contributed by atoms with Crippen LogP contribution in [0.3, 0.4) is 0 Å². The summed E-state index contributed by atoms with van der Waals surface area (Å²) in [6, 6.07) is 12.6. The molecule has 0 radical (unpaired) electrons. The Bertz CT molecular complexity index is 1240. The summed E-state index contributed by atoms with van der Waals surface area (Å²) >= 11 is 2.21. The molecule has 0 unspecified atom stereocenters. The van der Waals surface area contributed by atoms with Gasteiger partial charge in [-0.15, -0.1) is 0 Å². The zero-order valence-corrected chi connectivity index (χ0v) is 17.2. The van der Waals surface area contributed by atoms with Gasteiger partial charge in [0.25, 0.3) is 0 Å². The third-order valence-corrected chi connectivity index (χ3v) is 6.40. The zero-order chi connectivity index (χ0) is 19.0. The van der Waals surface area contributed by atoms with Crippen molar-refractivity contribution in [1.29, 1.82) is 0 Å². The van der Waals surface area contributed by atoms with Crippen LogP contribution in [0.15, 0.2) is 54.9 Å². The number of nitrogens with one attached hydrogen (secondary N) is 1. The van der Waals surface area contributed by atoms with Crippen LogP contribution in [0, 0.1) is 3.57 Å². The summed E-state index contributed by atoms with van der Waals surface area (Å²) in [6.45, 7) is 0. The van der Waals surface area contributed by atoms with Crippen LogP contribution in [0.5, 0.6) is 5.75 Å². The van der Waals surface area contributed by atoms with E-state index < -0.39 is 10.0 Å². The number of halogens is 1. The minimum atomic E-state index is -3.65. The SMILES string of the molecule is COc1ccnc2c1c(I)c1ccnc(NS(=O)(=O)Cc3ccccc3)n12. The van der Waals surface area contributed by atoms with Crippen LogP contribution in [0.1, 0.15) is 5.56 Å². The third-order valence-electron chi connectivity index (χ3n) is 4.10. The first-order valence-electron chi connectivity index (χ1n) is 8.02. The van der Waals surface area contributed by atoms with E-state index in [-0.39, 0.29) is 11.7 Å². The van der Waals surface area contributed by atoms with E-state index in [2.05, 4.69) is 37.3 Å². The zero-order valence-electron chi connectivity index (χ0n) is 14.3. The molecule has 0 saturated heterocycles. The molecular weight excluding hydrogens is 479 g/mol. The quantitative estimate of drug-likeness (QED) is 0.430. The first kappa shape index (κ1) is 18.0. The second kappa shape index (κ2) is 6.97. The molecule has 138 valence electrons. The molecule has 0 aliphatic carbocycles. The van der Waals surface area contributed by atoms with Gasteiger partial charge >= 0.3 is 0 Å². The highest BCUT2D eigenvalue weighted by Crippen LogP contribution is 2.34. The van der Waals surface area contributed by atoms with Crippen molar-refractivity contribution in [3.63, 3.8) is 0 Å². The highest BCUT2D eigenvalue weighted by Gasteiger charge is 2.20. The molecule has 9 heteroatoms. The van der Waals surface area contributed by atoms with Crippen molar-refractivity contribution in [2.75, 3.05) is 11.8 Å². The molecule has 4 rings (SSSR count). The lowest BCUT2D eigenvalue weighted by Crippen LogP contribution is -2.18. The van der Waals surface area contributed by atoms with Gasteiger partial charge in [0.15, 0.2) is 5.65 Å². The van der Waals surface area contributed by atoms with E-state index in [1.165, 1.54) is 0 Å². The summed E-state index contributed by atoms with van der Waals surface area (Å²) in [4.78, 5) is 8.66. The molecule has 0 bridgehead atoms. The monoisotopic (exact) mass is 494 g/mol. The third kappa shape index (κ3) is 3.32. The molecule has 0 aliphatic rings. The van der Waals surface area contributed by atoms with Gasteiger partial charge in [0.1, 0.15) is 5.75 Å². The van der Waals surface area contributed by atoms with Crippen molar-refractivity contribution in [2.45, 2.75) is 5.75 Å². The number of sulfonamides is 1. The summed E-state index contributed by atoms with van der Waals surface area (Å²) in [5.74, 6) is 0.724. The van der Waals surface area contributed by atoms with Crippen LogP contribution in [-0.4, -0.2) is 29.9 Å². The predicted octanol–water partition coefficient (Wildman–Crippen LogP) is 3.44. The number of aromatic nitrogens is 3. The molecule has 0 saturated carbocycles. The average molecular weight is 494 g/mol. The fraction of sp³-hybridized carbons (Fsp3) is 0.111. The van der Waals surface area contributed by atoms with Crippen LogP contribution < -0.4 is 9.46 Å². The number of fused-ring (bicyclic) bond motifs is 3. The fourth-order valence-corrected chi connectivity index (χ4v) is 5.01. The van der Waals surface area contributed by atoms with Gasteiger partial charge in [0, 0.05) is 12.4 Å². The minimum absolute atomic E-state index is 0.140. The molecule has 0 aliphatic heterocycles. The van der Waals surface area contributed by atoms with Crippen molar-refractivity contribution in [3.05, 3.63) is 64.0 Å². The number of rotatable bonds is 5. The van der Waals surface area contributed by atoms with Crippen LogP contribution in [0.2, 0.25) is 0 Å². The first-order chi connectivity index (χ1) is 13.0. The van der Waals surface area contributed by atoms with Gasteiger partial charge in [-0.3, -0.25) is 9.12 Å². The Morgan fingerprint density at radius 2 is 1.85 bits per heavy atom. The lowest BCUT2D eigenvalue weighted by Gasteiger charge is -2.10. The first-order valence-corrected chi connectivity index (χ1v) is 10.8. The fourth-order valence-electron chi connectivity index (χ4n) is 2.96. The molecule has 3 aromatic heterocycles. The molecule has 1 N–H and O–H groups in total. The second-order valence-corrected chi connectivity index (χ2v) is 8.66. The number of hydrogen-bond acceptors (Lipinski definition) is 5. The maximum absolute atomic E-state index is 12.7. The van der Waals surface area contributed by atoms with Crippen LogP contribution >= 0.6 is 22.6 Å². The summed E-state index contributed by atoms with van der Waals surface area (Å²) < 4.78 is 36.0. The molecule has 3 heterocycles. The van der Waals surface area contributed by atoms with E-state index in [0.29, 0.717) is 17.0 Å². The summed E-state index contributed by atoms with van der Waals surface area (Å²) in [6.07, 6.45) is 3.20. The number of pyridine rings is 1. The maximum atomic E-state index is 12.7. The lowest BCUT2D eigenvalue weighted by atomic mass is 10.2. The molecule has 0 fully saturated rings. The Balaban J connectivity index is 1.84. The van der Waals surface area contributed by atoms with Crippen molar-refractivity contribution >= 4 is 55.1 Å². The maximum Gasteiger partial charge on any atom is 0.239 e. The van der Waals surface area contributed by atoms with E-state index in [9.17, 15) is 8.42 Å². The number of methoxy groups -OCH3 is 1. The number of hydrogen-bond donors (Lipinski definition) is 1. The van der Waals surface area contributed by atoms with Gasteiger partial charge in [-0.25, -0.2) is 18.4 Å². The molecule has 0 spiro atoms.